The van der Waals surface area contributed by atoms with Gasteiger partial charge in [0.1, 0.15) is 0 Å². The summed E-state index contributed by atoms with van der Waals surface area (Å²) in [5, 5.41) is 0. The van der Waals surface area contributed by atoms with Crippen LogP contribution in [0.4, 0.5) is 0 Å². The van der Waals surface area contributed by atoms with Gasteiger partial charge < -0.3 is 5.73 Å². The summed E-state index contributed by atoms with van der Waals surface area (Å²) in [4.78, 5) is 0. The molecule has 1 atom stereocenters. The van der Waals surface area contributed by atoms with Gasteiger partial charge in [0.15, 0.2) is 0 Å². The Hall–Kier alpha value is -0.0400. The zero-order chi connectivity index (χ0) is 10.6. The Morgan fingerprint density at radius 1 is 1.14 bits per heavy atom. The normalized spacial score (nSPS) is 24.6. The van der Waals surface area contributed by atoms with Gasteiger partial charge >= 0.3 is 0 Å². The van der Waals surface area contributed by atoms with Crippen LogP contribution in [0.5, 0.6) is 0 Å². The van der Waals surface area contributed by atoms with E-state index in [4.69, 9.17) is 5.73 Å². The molecule has 2 N–H and O–H groups in total. The van der Waals surface area contributed by atoms with Crippen molar-refractivity contribution >= 4 is 0 Å². The van der Waals surface area contributed by atoms with E-state index in [-0.39, 0.29) is 5.54 Å². The summed E-state index contributed by atoms with van der Waals surface area (Å²) in [6.07, 6.45) is 9.51. The lowest BCUT2D eigenvalue weighted by molar-refractivity contribution is 0.170. The maximum Gasteiger partial charge on any atom is 0.0203 e. The molecule has 1 nitrogen and oxygen atoms in total. The molecule has 0 aliphatic heterocycles. The molecule has 0 heterocycles. The van der Waals surface area contributed by atoms with Crippen molar-refractivity contribution in [3.05, 3.63) is 0 Å². The van der Waals surface area contributed by atoms with Gasteiger partial charge in [-0.05, 0) is 31.1 Å². The van der Waals surface area contributed by atoms with Gasteiger partial charge in [-0.15, -0.1) is 0 Å². The van der Waals surface area contributed by atoms with Gasteiger partial charge in [0.25, 0.3) is 0 Å². The van der Waals surface area contributed by atoms with E-state index in [1.54, 1.807) is 0 Å². The van der Waals surface area contributed by atoms with E-state index < -0.39 is 0 Å². The van der Waals surface area contributed by atoms with Crippen molar-refractivity contribution < 1.29 is 0 Å². The molecular formula is C13H27N. The van der Waals surface area contributed by atoms with Crippen LogP contribution in [0.1, 0.15) is 65.7 Å². The van der Waals surface area contributed by atoms with E-state index >= 15 is 0 Å². The van der Waals surface area contributed by atoms with E-state index in [0.29, 0.717) is 5.92 Å². The molecule has 1 saturated carbocycles. The lowest BCUT2D eigenvalue weighted by Crippen LogP contribution is -2.51. The van der Waals surface area contributed by atoms with Crippen LogP contribution in [-0.4, -0.2) is 5.54 Å². The number of hydrogen-bond acceptors (Lipinski definition) is 1. The van der Waals surface area contributed by atoms with Crippen LogP contribution in [0.15, 0.2) is 0 Å². The minimum absolute atomic E-state index is 0.102. The van der Waals surface area contributed by atoms with Crippen molar-refractivity contribution in [2.24, 2.45) is 17.6 Å². The van der Waals surface area contributed by atoms with Gasteiger partial charge in [-0.1, -0.05) is 46.5 Å². The molecule has 0 saturated heterocycles. The average Bonchev–Trinajstić information content (AvgIpc) is 2.44. The van der Waals surface area contributed by atoms with E-state index in [2.05, 4.69) is 20.8 Å². The Bertz CT molecular complexity index is 157. The van der Waals surface area contributed by atoms with Crippen molar-refractivity contribution in [2.45, 2.75) is 71.3 Å². The molecular weight excluding hydrogens is 170 g/mol. The summed E-state index contributed by atoms with van der Waals surface area (Å²) in [7, 11) is 0. The predicted octanol–water partition coefficient (Wildman–Crippen LogP) is 3.72. The number of nitrogens with two attached hydrogens (primary N) is 1. The maximum absolute atomic E-state index is 6.58. The van der Waals surface area contributed by atoms with Crippen LogP contribution in [0.3, 0.4) is 0 Å². The topological polar surface area (TPSA) is 26.0 Å². The second kappa shape index (κ2) is 5.16. The number of rotatable bonds is 3. The molecule has 1 aliphatic carbocycles. The van der Waals surface area contributed by atoms with Gasteiger partial charge in [-0.25, -0.2) is 0 Å². The predicted molar refractivity (Wildman–Crippen MR) is 63.2 cm³/mol. The van der Waals surface area contributed by atoms with Crippen molar-refractivity contribution in [3.63, 3.8) is 0 Å². The molecule has 0 radical (unpaired) electrons. The lowest BCUT2D eigenvalue weighted by Gasteiger charge is -2.40. The molecule has 14 heavy (non-hydrogen) atoms. The minimum atomic E-state index is 0.102. The standard InChI is InChI=1S/C13H27N/c1-4-13(14,11(2)3)12-9-7-5-6-8-10-12/h11-12H,4-10,14H2,1-3H3. The highest BCUT2D eigenvalue weighted by atomic mass is 14.8. The van der Waals surface area contributed by atoms with Crippen LogP contribution in [0.25, 0.3) is 0 Å². The first-order valence-electron chi connectivity index (χ1n) is 6.40. The van der Waals surface area contributed by atoms with Gasteiger partial charge in [-0.3, -0.25) is 0 Å². The summed E-state index contributed by atoms with van der Waals surface area (Å²) < 4.78 is 0. The molecule has 1 unspecified atom stereocenters. The van der Waals surface area contributed by atoms with E-state index in [1.807, 2.05) is 0 Å². The smallest absolute Gasteiger partial charge is 0.0203 e. The summed E-state index contributed by atoms with van der Waals surface area (Å²) in [5.41, 5.74) is 6.69. The second-order valence-electron chi connectivity index (χ2n) is 5.31. The lowest BCUT2D eigenvalue weighted by atomic mass is 9.71. The Morgan fingerprint density at radius 3 is 2.00 bits per heavy atom. The van der Waals surface area contributed by atoms with Gasteiger partial charge in [0, 0.05) is 5.54 Å². The van der Waals surface area contributed by atoms with Crippen LogP contribution in [0, 0.1) is 11.8 Å². The van der Waals surface area contributed by atoms with Crippen LogP contribution >= 0.6 is 0 Å². The third kappa shape index (κ3) is 2.50. The Balaban J connectivity index is 2.66. The molecule has 0 bridgehead atoms. The molecule has 1 aliphatic rings. The Labute approximate surface area is 89.5 Å². The molecule has 0 amide bonds. The fraction of sp³-hybridized carbons (Fsp3) is 1.00. The third-order valence-electron chi connectivity index (χ3n) is 4.30. The van der Waals surface area contributed by atoms with Crippen molar-refractivity contribution in [1.29, 1.82) is 0 Å². The third-order valence-corrected chi connectivity index (χ3v) is 4.30. The zero-order valence-corrected chi connectivity index (χ0v) is 10.2. The highest BCUT2D eigenvalue weighted by Gasteiger charge is 2.35. The quantitative estimate of drug-likeness (QED) is 0.686. The van der Waals surface area contributed by atoms with Crippen molar-refractivity contribution in [2.75, 3.05) is 0 Å². The summed E-state index contributed by atoms with van der Waals surface area (Å²) in [6.45, 7) is 6.83. The summed E-state index contributed by atoms with van der Waals surface area (Å²) in [5.74, 6) is 1.39. The van der Waals surface area contributed by atoms with Crippen LogP contribution in [0.2, 0.25) is 0 Å². The molecule has 1 rings (SSSR count). The molecule has 0 aromatic heterocycles. The van der Waals surface area contributed by atoms with E-state index in [1.165, 1.54) is 38.5 Å². The largest absolute Gasteiger partial charge is 0.325 e. The first kappa shape index (κ1) is 12.0. The number of hydrogen-bond donors (Lipinski definition) is 1. The van der Waals surface area contributed by atoms with E-state index in [9.17, 15) is 0 Å². The van der Waals surface area contributed by atoms with E-state index in [0.717, 1.165) is 12.3 Å². The molecule has 0 aromatic rings. The fourth-order valence-corrected chi connectivity index (χ4v) is 2.99. The molecule has 1 fully saturated rings. The molecule has 0 aromatic carbocycles. The first-order valence-corrected chi connectivity index (χ1v) is 6.40. The maximum atomic E-state index is 6.58. The molecule has 84 valence electrons. The molecule has 0 spiro atoms. The van der Waals surface area contributed by atoms with Crippen LogP contribution < -0.4 is 5.73 Å². The summed E-state index contributed by atoms with van der Waals surface area (Å²) >= 11 is 0. The average molecular weight is 197 g/mol. The zero-order valence-electron chi connectivity index (χ0n) is 10.2. The Kier molecular flexibility index (Phi) is 4.43. The first-order chi connectivity index (χ1) is 6.61. The van der Waals surface area contributed by atoms with Crippen molar-refractivity contribution in [1.82, 2.24) is 0 Å². The monoisotopic (exact) mass is 197 g/mol. The van der Waals surface area contributed by atoms with Gasteiger partial charge in [-0.2, -0.15) is 0 Å². The van der Waals surface area contributed by atoms with Gasteiger partial charge in [0.2, 0.25) is 0 Å². The van der Waals surface area contributed by atoms with Gasteiger partial charge in [0.05, 0.1) is 0 Å². The highest BCUT2D eigenvalue weighted by Crippen LogP contribution is 2.36. The summed E-state index contributed by atoms with van der Waals surface area (Å²) in [6, 6.07) is 0. The van der Waals surface area contributed by atoms with Crippen molar-refractivity contribution in [3.8, 4) is 0 Å². The second-order valence-corrected chi connectivity index (χ2v) is 5.31. The fourth-order valence-electron chi connectivity index (χ4n) is 2.99. The Morgan fingerprint density at radius 2 is 1.64 bits per heavy atom. The molecule has 1 heteroatoms. The highest BCUT2D eigenvalue weighted by molar-refractivity contribution is 4.93. The minimum Gasteiger partial charge on any atom is -0.325 e. The SMILES string of the molecule is CCC(N)(C(C)C)C1CCCCCC1. The van der Waals surface area contributed by atoms with Crippen LogP contribution in [-0.2, 0) is 0 Å².